The largest absolute Gasteiger partial charge is 0.377 e. The zero-order valence-electron chi connectivity index (χ0n) is 12.7. The van der Waals surface area contributed by atoms with E-state index in [0.717, 1.165) is 0 Å². The quantitative estimate of drug-likeness (QED) is 0.644. The van der Waals surface area contributed by atoms with Crippen molar-refractivity contribution in [3.63, 3.8) is 0 Å². The van der Waals surface area contributed by atoms with Crippen LogP contribution in [0.1, 0.15) is 30.0 Å². The first-order valence-electron chi connectivity index (χ1n) is 7.84. The zero-order valence-corrected chi connectivity index (χ0v) is 12.7. The van der Waals surface area contributed by atoms with Gasteiger partial charge in [-0.15, -0.1) is 0 Å². The average Bonchev–Trinajstić information content (AvgIpc) is 2.93. The minimum atomic E-state index is 0.363. The van der Waals surface area contributed by atoms with Crippen molar-refractivity contribution in [3.05, 3.63) is 90.0 Å². The second kappa shape index (κ2) is 5.34. The average molecular weight is 285 g/mol. The van der Waals surface area contributed by atoms with Crippen molar-refractivity contribution < 1.29 is 0 Å². The van der Waals surface area contributed by atoms with Crippen LogP contribution in [0.2, 0.25) is 0 Å². The van der Waals surface area contributed by atoms with Gasteiger partial charge in [-0.25, -0.2) is 0 Å². The van der Waals surface area contributed by atoms with Gasteiger partial charge in [-0.1, -0.05) is 79.7 Å². The number of fused-ring (bicyclic) bond motifs is 1. The van der Waals surface area contributed by atoms with Crippen molar-refractivity contribution >= 4 is 5.69 Å². The van der Waals surface area contributed by atoms with Gasteiger partial charge in [0.2, 0.25) is 0 Å². The Morgan fingerprint density at radius 3 is 2.14 bits per heavy atom. The molecule has 0 aliphatic carbocycles. The van der Waals surface area contributed by atoms with E-state index >= 15 is 0 Å². The van der Waals surface area contributed by atoms with Gasteiger partial charge in [0, 0.05) is 11.6 Å². The molecule has 0 aromatic heterocycles. The normalized spacial score (nSPS) is 19.5. The molecule has 1 N–H and O–H groups in total. The molecule has 3 aromatic carbocycles. The SMILES string of the molecule is CC1c2ccc(-c3ccccc3)cc2NC1c1ccccc1. The monoisotopic (exact) mass is 285 g/mol. The summed E-state index contributed by atoms with van der Waals surface area (Å²) < 4.78 is 0. The number of hydrogen-bond donors (Lipinski definition) is 1. The lowest BCUT2D eigenvalue weighted by Gasteiger charge is -2.16. The highest BCUT2D eigenvalue weighted by molar-refractivity contribution is 5.72. The Morgan fingerprint density at radius 2 is 1.41 bits per heavy atom. The Kier molecular flexibility index (Phi) is 3.19. The van der Waals surface area contributed by atoms with Gasteiger partial charge in [-0.3, -0.25) is 0 Å². The Hall–Kier alpha value is -2.54. The molecule has 108 valence electrons. The Labute approximate surface area is 131 Å². The van der Waals surface area contributed by atoms with Crippen LogP contribution in [0.15, 0.2) is 78.9 Å². The molecule has 0 radical (unpaired) electrons. The fourth-order valence-corrected chi connectivity index (χ4v) is 3.39. The fourth-order valence-electron chi connectivity index (χ4n) is 3.39. The molecule has 22 heavy (non-hydrogen) atoms. The highest BCUT2D eigenvalue weighted by atomic mass is 15.0. The number of benzene rings is 3. The second-order valence-corrected chi connectivity index (χ2v) is 5.99. The van der Waals surface area contributed by atoms with E-state index in [9.17, 15) is 0 Å². The lowest BCUT2D eigenvalue weighted by Crippen LogP contribution is -2.08. The first kappa shape index (κ1) is 13.1. The molecule has 1 heterocycles. The first-order chi connectivity index (χ1) is 10.8. The van der Waals surface area contributed by atoms with Gasteiger partial charge >= 0.3 is 0 Å². The molecule has 0 saturated heterocycles. The minimum Gasteiger partial charge on any atom is -0.377 e. The first-order valence-corrected chi connectivity index (χ1v) is 7.84. The third-order valence-corrected chi connectivity index (χ3v) is 4.62. The van der Waals surface area contributed by atoms with Crippen LogP contribution in [0.3, 0.4) is 0 Å². The number of hydrogen-bond acceptors (Lipinski definition) is 1. The van der Waals surface area contributed by atoms with Crippen molar-refractivity contribution in [2.75, 3.05) is 5.32 Å². The fraction of sp³-hybridized carbons (Fsp3) is 0.143. The van der Waals surface area contributed by atoms with Crippen LogP contribution in [-0.4, -0.2) is 0 Å². The summed E-state index contributed by atoms with van der Waals surface area (Å²) in [6.45, 7) is 2.30. The summed E-state index contributed by atoms with van der Waals surface area (Å²) in [6, 6.07) is 28.4. The second-order valence-electron chi connectivity index (χ2n) is 5.99. The van der Waals surface area contributed by atoms with Crippen LogP contribution >= 0.6 is 0 Å². The molecule has 2 atom stereocenters. The van der Waals surface area contributed by atoms with Gasteiger partial charge in [0.1, 0.15) is 0 Å². The van der Waals surface area contributed by atoms with E-state index in [1.54, 1.807) is 0 Å². The van der Waals surface area contributed by atoms with Crippen LogP contribution in [-0.2, 0) is 0 Å². The summed E-state index contributed by atoms with van der Waals surface area (Å²) in [4.78, 5) is 0. The molecule has 4 rings (SSSR count). The number of rotatable bonds is 2. The zero-order chi connectivity index (χ0) is 14.9. The molecule has 0 saturated carbocycles. The van der Waals surface area contributed by atoms with E-state index in [4.69, 9.17) is 0 Å². The molecule has 1 heteroatoms. The highest BCUT2D eigenvalue weighted by Gasteiger charge is 2.29. The van der Waals surface area contributed by atoms with E-state index in [1.165, 1.54) is 27.9 Å². The van der Waals surface area contributed by atoms with Crippen LogP contribution in [0, 0.1) is 0 Å². The maximum atomic E-state index is 3.71. The lowest BCUT2D eigenvalue weighted by molar-refractivity contribution is 0.676. The van der Waals surface area contributed by atoms with Gasteiger partial charge < -0.3 is 5.32 Å². The summed E-state index contributed by atoms with van der Waals surface area (Å²) in [6.07, 6.45) is 0. The van der Waals surface area contributed by atoms with Crippen LogP contribution in [0.5, 0.6) is 0 Å². The van der Waals surface area contributed by atoms with Gasteiger partial charge in [0.25, 0.3) is 0 Å². The van der Waals surface area contributed by atoms with E-state index < -0.39 is 0 Å². The van der Waals surface area contributed by atoms with Crippen LogP contribution < -0.4 is 5.32 Å². The van der Waals surface area contributed by atoms with E-state index in [1.807, 2.05) is 0 Å². The topological polar surface area (TPSA) is 12.0 Å². The van der Waals surface area contributed by atoms with Crippen molar-refractivity contribution in [2.45, 2.75) is 18.9 Å². The van der Waals surface area contributed by atoms with E-state index in [0.29, 0.717) is 12.0 Å². The third-order valence-electron chi connectivity index (χ3n) is 4.62. The molecule has 0 fully saturated rings. The summed E-state index contributed by atoms with van der Waals surface area (Å²) in [5.41, 5.74) is 6.57. The molecule has 1 aliphatic heterocycles. The molecule has 0 spiro atoms. The Bertz CT molecular complexity index is 778. The minimum absolute atomic E-state index is 0.363. The molecular formula is C21H19N. The molecule has 1 aliphatic rings. The van der Waals surface area contributed by atoms with E-state index in [2.05, 4.69) is 91.1 Å². The third kappa shape index (κ3) is 2.19. The van der Waals surface area contributed by atoms with Crippen LogP contribution in [0.4, 0.5) is 5.69 Å². The van der Waals surface area contributed by atoms with Crippen molar-refractivity contribution in [1.29, 1.82) is 0 Å². The highest BCUT2D eigenvalue weighted by Crippen LogP contribution is 2.44. The summed E-state index contributed by atoms with van der Waals surface area (Å²) >= 11 is 0. The molecular weight excluding hydrogens is 266 g/mol. The predicted molar refractivity (Wildman–Crippen MR) is 93.1 cm³/mol. The van der Waals surface area contributed by atoms with E-state index in [-0.39, 0.29) is 0 Å². The molecule has 0 amide bonds. The number of nitrogens with one attached hydrogen (secondary N) is 1. The molecule has 2 unspecified atom stereocenters. The Morgan fingerprint density at radius 1 is 0.727 bits per heavy atom. The Balaban J connectivity index is 1.70. The lowest BCUT2D eigenvalue weighted by atomic mass is 9.91. The van der Waals surface area contributed by atoms with Crippen molar-refractivity contribution in [1.82, 2.24) is 0 Å². The molecule has 1 nitrogen and oxygen atoms in total. The standard InChI is InChI=1S/C21H19N/c1-15-19-13-12-18(16-8-4-2-5-9-16)14-20(19)22-21(15)17-10-6-3-7-11-17/h2-15,21-22H,1H3. The maximum Gasteiger partial charge on any atom is 0.0580 e. The van der Waals surface area contributed by atoms with Crippen molar-refractivity contribution in [2.24, 2.45) is 0 Å². The summed E-state index contributed by atoms with van der Waals surface area (Å²) in [5.74, 6) is 0.488. The van der Waals surface area contributed by atoms with Crippen molar-refractivity contribution in [3.8, 4) is 11.1 Å². The smallest absolute Gasteiger partial charge is 0.0580 e. The summed E-state index contributed by atoms with van der Waals surface area (Å²) in [7, 11) is 0. The summed E-state index contributed by atoms with van der Waals surface area (Å²) in [5, 5.41) is 3.71. The van der Waals surface area contributed by atoms with Gasteiger partial charge in [-0.05, 0) is 28.3 Å². The molecule has 3 aromatic rings. The van der Waals surface area contributed by atoms with Crippen LogP contribution in [0.25, 0.3) is 11.1 Å². The number of anilines is 1. The molecule has 0 bridgehead atoms. The van der Waals surface area contributed by atoms with Gasteiger partial charge in [0.05, 0.1) is 6.04 Å². The van der Waals surface area contributed by atoms with Gasteiger partial charge in [0.15, 0.2) is 0 Å². The maximum absolute atomic E-state index is 3.71. The predicted octanol–water partition coefficient (Wildman–Crippen LogP) is 5.62. The van der Waals surface area contributed by atoms with Gasteiger partial charge in [-0.2, -0.15) is 0 Å².